The number of carboxylic acid groups (broad SMARTS) is 1. The molecule has 0 fully saturated rings. The lowest BCUT2D eigenvalue weighted by atomic mass is 10.1. The average molecular weight is 400 g/mol. The lowest BCUT2D eigenvalue weighted by Gasteiger charge is -2.13. The van der Waals surface area contributed by atoms with E-state index in [0.29, 0.717) is 5.82 Å². The number of aromatic nitrogens is 4. The molecule has 0 bridgehead atoms. The molecule has 0 unspecified atom stereocenters. The third-order valence-corrected chi connectivity index (χ3v) is 5.46. The molecule has 146 valence electrons. The normalized spacial score (nSPS) is 12.3. The molecule has 0 radical (unpaired) electrons. The molecule has 28 heavy (non-hydrogen) atoms. The summed E-state index contributed by atoms with van der Waals surface area (Å²) in [5.41, 5.74) is 1.89. The van der Waals surface area contributed by atoms with Crippen LogP contribution in [0.5, 0.6) is 0 Å². The number of nitrogens with zero attached hydrogens (tertiary/aromatic N) is 4. The number of benzene rings is 1. The van der Waals surface area contributed by atoms with Crippen molar-refractivity contribution >= 4 is 28.8 Å². The van der Waals surface area contributed by atoms with Crippen molar-refractivity contribution in [3.63, 3.8) is 0 Å². The molecule has 0 saturated carbocycles. The van der Waals surface area contributed by atoms with Gasteiger partial charge in [-0.05, 0) is 32.9 Å². The van der Waals surface area contributed by atoms with Gasteiger partial charge in [0.1, 0.15) is 15.7 Å². The fourth-order valence-corrected chi connectivity index (χ4v) is 3.84. The first-order valence-corrected chi connectivity index (χ1v) is 9.44. The summed E-state index contributed by atoms with van der Waals surface area (Å²) in [5.74, 6) is -0.686. The molecule has 0 spiro atoms. The van der Waals surface area contributed by atoms with Gasteiger partial charge < -0.3 is 5.11 Å². The molecule has 2 heterocycles. The van der Waals surface area contributed by atoms with E-state index in [0.717, 1.165) is 33.0 Å². The predicted octanol–water partition coefficient (Wildman–Crippen LogP) is 1.88. The molecule has 9 heteroatoms. The Kier molecular flexibility index (Phi) is 5.12. The van der Waals surface area contributed by atoms with Crippen LogP contribution in [0.2, 0.25) is 0 Å². The lowest BCUT2D eigenvalue weighted by Crippen LogP contribution is -2.37. The molecule has 0 amide bonds. The van der Waals surface area contributed by atoms with Crippen molar-refractivity contribution < 1.29 is 9.90 Å². The van der Waals surface area contributed by atoms with Crippen LogP contribution in [0.25, 0.3) is 22.4 Å². The molecule has 1 aromatic carbocycles. The second-order valence-corrected chi connectivity index (χ2v) is 8.06. The lowest BCUT2D eigenvalue weighted by molar-refractivity contribution is -0.136. The van der Waals surface area contributed by atoms with Gasteiger partial charge in [0.15, 0.2) is 11.5 Å². The maximum Gasteiger partial charge on any atom is 0.332 e. The van der Waals surface area contributed by atoms with Gasteiger partial charge in [-0.2, -0.15) is 0 Å². The highest BCUT2D eigenvalue weighted by atomic mass is 32.2. The number of aliphatic carboxylic acids is 1. The molecule has 1 N–H and O–H groups in total. The maximum atomic E-state index is 12.7. The Morgan fingerprint density at radius 2 is 1.68 bits per heavy atom. The Morgan fingerprint density at radius 3 is 2.25 bits per heavy atom. The third-order valence-electron chi connectivity index (χ3n) is 4.38. The molecule has 1 atom stereocenters. The van der Waals surface area contributed by atoms with E-state index >= 15 is 0 Å². The summed E-state index contributed by atoms with van der Waals surface area (Å²) in [7, 11) is 2.90. The number of hydrogen-bond acceptors (Lipinski definition) is 6. The third kappa shape index (κ3) is 3.45. The minimum atomic E-state index is -1.02. The van der Waals surface area contributed by atoms with Crippen molar-refractivity contribution in [2.24, 2.45) is 14.1 Å². The summed E-state index contributed by atoms with van der Waals surface area (Å²) in [6.45, 7) is 5.42. The van der Waals surface area contributed by atoms with Gasteiger partial charge in [-0.1, -0.05) is 29.0 Å². The smallest absolute Gasteiger partial charge is 0.332 e. The first kappa shape index (κ1) is 19.8. The summed E-state index contributed by atoms with van der Waals surface area (Å²) < 4.78 is 2.25. The van der Waals surface area contributed by atoms with Crippen molar-refractivity contribution in [2.75, 3.05) is 0 Å². The molecular formula is C19H20N4O4S. The van der Waals surface area contributed by atoms with Crippen LogP contribution in [0.4, 0.5) is 0 Å². The van der Waals surface area contributed by atoms with Crippen molar-refractivity contribution in [2.45, 2.75) is 31.0 Å². The van der Waals surface area contributed by atoms with Gasteiger partial charge in [0.05, 0.1) is 0 Å². The Labute approximate surface area is 164 Å². The molecule has 2 aromatic heterocycles. The first-order valence-electron chi connectivity index (χ1n) is 8.56. The number of aryl methyl sites for hydroxylation is 3. The predicted molar refractivity (Wildman–Crippen MR) is 108 cm³/mol. The quantitative estimate of drug-likeness (QED) is 0.526. The molecule has 8 nitrogen and oxygen atoms in total. The van der Waals surface area contributed by atoms with Crippen LogP contribution in [0, 0.1) is 13.8 Å². The summed E-state index contributed by atoms with van der Waals surface area (Å²) in [5, 5.41) is 8.84. The molecule has 0 aliphatic rings. The monoisotopic (exact) mass is 400 g/mol. The molecule has 0 aliphatic carbocycles. The standard InChI is InChI=1S/C19H20N4O4S/c1-9-6-10(2)8-12(7-9)14-20-15-13(16(21-14)28-11(3)18(25)26)17(24)23(5)19(27)22(15)4/h6-8,11H,1-5H3,(H,25,26)/t11-/m0/s1. The van der Waals surface area contributed by atoms with E-state index in [1.165, 1.54) is 25.6 Å². The van der Waals surface area contributed by atoms with Gasteiger partial charge in [-0.3, -0.25) is 18.7 Å². The number of carboxylic acids is 1. The summed E-state index contributed by atoms with van der Waals surface area (Å²) in [6, 6.07) is 5.82. The SMILES string of the molecule is Cc1cc(C)cc(-c2nc(S[C@@H](C)C(=O)O)c3c(=O)n(C)c(=O)n(C)c3n2)c1. The zero-order valence-electron chi connectivity index (χ0n) is 16.2. The number of rotatable bonds is 4. The van der Waals surface area contributed by atoms with Crippen LogP contribution in [-0.4, -0.2) is 35.4 Å². The average Bonchev–Trinajstić information content (AvgIpc) is 2.63. The minimum Gasteiger partial charge on any atom is -0.480 e. The highest BCUT2D eigenvalue weighted by Crippen LogP contribution is 2.29. The van der Waals surface area contributed by atoms with E-state index in [-0.39, 0.29) is 16.1 Å². The van der Waals surface area contributed by atoms with Gasteiger partial charge in [0.2, 0.25) is 0 Å². The Morgan fingerprint density at radius 1 is 1.07 bits per heavy atom. The van der Waals surface area contributed by atoms with Crippen LogP contribution >= 0.6 is 11.8 Å². The Balaban J connectivity index is 2.41. The van der Waals surface area contributed by atoms with Crippen molar-refractivity contribution in [1.29, 1.82) is 0 Å². The van der Waals surface area contributed by atoms with Crippen molar-refractivity contribution in [3.8, 4) is 11.4 Å². The van der Waals surface area contributed by atoms with E-state index in [1.54, 1.807) is 0 Å². The molecule has 0 saturated heterocycles. The Hall–Kier alpha value is -2.94. The number of thioether (sulfide) groups is 1. The summed E-state index contributed by atoms with van der Waals surface area (Å²) in [6.07, 6.45) is 0. The van der Waals surface area contributed by atoms with E-state index in [2.05, 4.69) is 9.97 Å². The molecule has 3 aromatic rings. The molecular weight excluding hydrogens is 380 g/mol. The number of carbonyl (C=O) groups is 1. The van der Waals surface area contributed by atoms with E-state index in [4.69, 9.17) is 0 Å². The van der Waals surface area contributed by atoms with Crippen molar-refractivity contribution in [1.82, 2.24) is 19.1 Å². The van der Waals surface area contributed by atoms with Crippen LogP contribution in [0.1, 0.15) is 18.1 Å². The van der Waals surface area contributed by atoms with Crippen molar-refractivity contribution in [3.05, 3.63) is 50.2 Å². The second-order valence-electron chi connectivity index (χ2n) is 6.73. The second kappa shape index (κ2) is 7.23. The largest absolute Gasteiger partial charge is 0.480 e. The summed E-state index contributed by atoms with van der Waals surface area (Å²) >= 11 is 0.956. The van der Waals surface area contributed by atoms with E-state index in [1.807, 2.05) is 32.0 Å². The zero-order chi connectivity index (χ0) is 20.7. The number of hydrogen-bond donors (Lipinski definition) is 1. The van der Waals surface area contributed by atoms with Gasteiger partial charge >= 0.3 is 11.7 Å². The fraction of sp³-hybridized carbons (Fsp3) is 0.316. The Bertz CT molecular complexity index is 1210. The van der Waals surface area contributed by atoms with Gasteiger partial charge in [0, 0.05) is 19.7 Å². The van der Waals surface area contributed by atoms with Gasteiger partial charge in [0.25, 0.3) is 5.56 Å². The molecule has 3 rings (SSSR count). The van der Waals surface area contributed by atoms with Gasteiger partial charge in [-0.25, -0.2) is 14.8 Å². The van der Waals surface area contributed by atoms with Crippen LogP contribution in [0.15, 0.2) is 32.8 Å². The molecule has 0 aliphatic heterocycles. The highest BCUT2D eigenvalue weighted by molar-refractivity contribution is 8.00. The van der Waals surface area contributed by atoms with Gasteiger partial charge in [-0.15, -0.1) is 0 Å². The van der Waals surface area contributed by atoms with E-state index in [9.17, 15) is 19.5 Å². The zero-order valence-corrected chi connectivity index (χ0v) is 17.0. The van der Waals surface area contributed by atoms with Crippen LogP contribution < -0.4 is 11.2 Å². The fourth-order valence-electron chi connectivity index (χ4n) is 2.96. The van der Waals surface area contributed by atoms with E-state index < -0.39 is 22.5 Å². The summed E-state index contributed by atoms with van der Waals surface area (Å²) in [4.78, 5) is 45.4. The first-order chi connectivity index (χ1) is 13.1. The van der Waals surface area contributed by atoms with Crippen LogP contribution in [0.3, 0.4) is 0 Å². The highest BCUT2D eigenvalue weighted by Gasteiger charge is 2.22. The number of fused-ring (bicyclic) bond motifs is 1. The minimum absolute atomic E-state index is 0.135. The topological polar surface area (TPSA) is 107 Å². The van der Waals surface area contributed by atoms with Crippen LogP contribution in [-0.2, 0) is 18.9 Å². The maximum absolute atomic E-state index is 12.7.